The third kappa shape index (κ3) is 7.95. The second kappa shape index (κ2) is 8.26. The molecule has 0 bridgehead atoms. The molecule has 0 fully saturated rings. The topological polar surface area (TPSA) is 102 Å². The first-order chi connectivity index (χ1) is 10.6. The molecule has 0 aromatic carbocycles. The van der Waals surface area contributed by atoms with Gasteiger partial charge >= 0.3 is 12.1 Å². The zero-order valence-corrected chi connectivity index (χ0v) is 13.2. The van der Waals surface area contributed by atoms with E-state index in [0.29, 0.717) is 0 Å². The second-order valence-electron chi connectivity index (χ2n) is 4.13. The molecule has 0 aliphatic heterocycles. The molecule has 0 saturated heterocycles. The summed E-state index contributed by atoms with van der Waals surface area (Å²) in [4.78, 5) is 22.2. The van der Waals surface area contributed by atoms with E-state index in [-0.39, 0.29) is 17.2 Å². The van der Waals surface area contributed by atoms with Crippen molar-refractivity contribution in [1.29, 1.82) is 0 Å². The summed E-state index contributed by atoms with van der Waals surface area (Å²) in [5.74, 6) is -2.02. The summed E-state index contributed by atoms with van der Waals surface area (Å²) >= 11 is 0.999. The molecule has 1 rings (SSSR count). The Balaban J connectivity index is 2.24. The van der Waals surface area contributed by atoms with Crippen molar-refractivity contribution < 1.29 is 35.9 Å². The molecule has 23 heavy (non-hydrogen) atoms. The van der Waals surface area contributed by atoms with E-state index in [4.69, 9.17) is 0 Å². The van der Waals surface area contributed by atoms with Gasteiger partial charge in [-0.3, -0.25) is 9.59 Å². The van der Waals surface area contributed by atoms with Crippen molar-refractivity contribution >= 4 is 33.2 Å². The van der Waals surface area contributed by atoms with Crippen LogP contribution in [0.1, 0.15) is 6.42 Å². The van der Waals surface area contributed by atoms with Gasteiger partial charge in [0, 0.05) is 6.54 Å². The van der Waals surface area contributed by atoms with E-state index in [1.165, 1.54) is 11.4 Å². The highest BCUT2D eigenvalue weighted by Crippen LogP contribution is 2.15. The predicted octanol–water partition coefficient (Wildman–Crippen LogP) is 0.638. The van der Waals surface area contributed by atoms with Crippen LogP contribution in [0, 0.1) is 0 Å². The van der Waals surface area contributed by atoms with Crippen molar-refractivity contribution in [2.24, 2.45) is 0 Å². The van der Waals surface area contributed by atoms with E-state index in [1.54, 1.807) is 11.4 Å². The first kappa shape index (κ1) is 19.4. The molecule has 0 unspecified atom stereocenters. The maximum Gasteiger partial charge on any atom is 0.405 e. The fraction of sp³-hybridized carbons (Fsp3) is 0.455. The molecule has 0 aliphatic rings. The zero-order chi connectivity index (χ0) is 17.5. The van der Waals surface area contributed by atoms with Crippen LogP contribution in [0.5, 0.6) is 0 Å². The minimum atomic E-state index is -4.56. The number of halogens is 3. The number of thiophene rings is 1. The second-order valence-corrected chi connectivity index (χ2v) is 7.07. The number of alkyl halides is 3. The van der Waals surface area contributed by atoms with Crippen molar-refractivity contribution in [1.82, 2.24) is 10.0 Å². The van der Waals surface area contributed by atoms with E-state index < -0.39 is 41.2 Å². The summed E-state index contributed by atoms with van der Waals surface area (Å²) in [5, 5.41) is 3.10. The number of carbonyl (C=O) groups excluding carboxylic acids is 2. The lowest BCUT2D eigenvalue weighted by molar-refractivity contribution is -0.151. The zero-order valence-electron chi connectivity index (χ0n) is 11.6. The van der Waals surface area contributed by atoms with Crippen molar-refractivity contribution in [2.45, 2.75) is 16.8 Å². The van der Waals surface area contributed by atoms with E-state index in [0.717, 1.165) is 11.3 Å². The summed E-state index contributed by atoms with van der Waals surface area (Å²) < 4.78 is 65.5. The van der Waals surface area contributed by atoms with Crippen LogP contribution in [-0.2, 0) is 24.3 Å². The highest BCUT2D eigenvalue weighted by molar-refractivity contribution is 7.91. The van der Waals surface area contributed by atoms with E-state index in [9.17, 15) is 31.2 Å². The molecule has 0 atom stereocenters. The van der Waals surface area contributed by atoms with Gasteiger partial charge in [0.25, 0.3) is 5.91 Å². The minimum Gasteiger partial charge on any atom is -0.456 e. The number of ether oxygens (including phenoxy) is 1. The number of carbonyl (C=O) groups is 2. The summed E-state index contributed by atoms with van der Waals surface area (Å²) in [5.41, 5.74) is 0. The largest absolute Gasteiger partial charge is 0.456 e. The van der Waals surface area contributed by atoms with Gasteiger partial charge in [0.2, 0.25) is 10.0 Å². The molecule has 0 aliphatic carbocycles. The molecule has 1 aromatic heterocycles. The summed E-state index contributed by atoms with van der Waals surface area (Å²) in [6.45, 7) is -2.65. The number of nitrogens with one attached hydrogen (secondary N) is 2. The molecule has 7 nitrogen and oxygen atoms in total. The molecule has 1 amide bonds. The molecule has 12 heteroatoms. The quantitative estimate of drug-likeness (QED) is 0.650. The first-order valence-electron chi connectivity index (χ1n) is 6.12. The summed E-state index contributed by atoms with van der Waals surface area (Å²) in [6, 6.07) is 2.93. The van der Waals surface area contributed by atoms with Gasteiger partial charge in [0.1, 0.15) is 10.8 Å². The van der Waals surface area contributed by atoms with Crippen molar-refractivity contribution in [3.8, 4) is 0 Å². The number of sulfonamides is 1. The van der Waals surface area contributed by atoms with Crippen LogP contribution in [0.25, 0.3) is 0 Å². The van der Waals surface area contributed by atoms with Crippen LogP contribution in [0.3, 0.4) is 0 Å². The summed E-state index contributed by atoms with van der Waals surface area (Å²) in [6.07, 6.45) is -4.92. The maximum absolute atomic E-state index is 11.8. The molecule has 2 N–H and O–H groups in total. The number of esters is 1. The molecule has 0 spiro atoms. The van der Waals surface area contributed by atoms with E-state index in [1.807, 2.05) is 0 Å². The Morgan fingerprint density at radius 2 is 2.00 bits per heavy atom. The van der Waals surface area contributed by atoms with Crippen LogP contribution < -0.4 is 10.0 Å². The average molecular weight is 374 g/mol. The molecule has 0 saturated carbocycles. The van der Waals surface area contributed by atoms with Crippen molar-refractivity contribution in [3.63, 3.8) is 0 Å². The predicted molar refractivity (Wildman–Crippen MR) is 74.1 cm³/mol. The van der Waals surface area contributed by atoms with Gasteiger partial charge in [-0.15, -0.1) is 11.3 Å². The Kier molecular flexibility index (Phi) is 6.97. The normalized spacial score (nSPS) is 12.0. The summed E-state index contributed by atoms with van der Waals surface area (Å²) in [7, 11) is -3.71. The van der Waals surface area contributed by atoms with E-state index in [2.05, 4.69) is 9.46 Å². The fourth-order valence-electron chi connectivity index (χ4n) is 1.24. The van der Waals surface area contributed by atoms with Crippen LogP contribution >= 0.6 is 11.3 Å². The Hall–Kier alpha value is -1.66. The van der Waals surface area contributed by atoms with Gasteiger partial charge in [0.05, 0.1) is 6.42 Å². The number of amides is 1. The Bertz CT molecular complexity index is 629. The van der Waals surface area contributed by atoms with Crippen molar-refractivity contribution in [3.05, 3.63) is 17.5 Å². The first-order valence-corrected chi connectivity index (χ1v) is 8.49. The average Bonchev–Trinajstić information content (AvgIpc) is 2.97. The Labute approximate surface area is 133 Å². The van der Waals surface area contributed by atoms with E-state index >= 15 is 0 Å². The van der Waals surface area contributed by atoms with Gasteiger partial charge in [-0.1, -0.05) is 6.07 Å². The SMILES string of the molecule is O=C(COC(=O)CCNS(=O)(=O)c1cccs1)NCC(F)(F)F. The highest BCUT2D eigenvalue weighted by atomic mass is 32.2. The Morgan fingerprint density at radius 3 is 2.57 bits per heavy atom. The number of hydrogen-bond donors (Lipinski definition) is 2. The van der Waals surface area contributed by atoms with Gasteiger partial charge < -0.3 is 10.1 Å². The van der Waals surface area contributed by atoms with Crippen LogP contribution in [0.4, 0.5) is 13.2 Å². The monoisotopic (exact) mass is 374 g/mol. The molecular weight excluding hydrogens is 361 g/mol. The molecule has 0 radical (unpaired) electrons. The highest BCUT2D eigenvalue weighted by Gasteiger charge is 2.27. The smallest absolute Gasteiger partial charge is 0.405 e. The molecule has 1 aromatic rings. The van der Waals surface area contributed by atoms with Crippen LogP contribution in [-0.4, -0.2) is 46.2 Å². The fourth-order valence-corrected chi connectivity index (χ4v) is 3.31. The maximum atomic E-state index is 11.8. The Morgan fingerprint density at radius 1 is 1.30 bits per heavy atom. The van der Waals surface area contributed by atoms with Gasteiger partial charge in [-0.2, -0.15) is 13.2 Å². The molecule has 1 heterocycles. The van der Waals surface area contributed by atoms with Gasteiger partial charge in [-0.05, 0) is 11.4 Å². The van der Waals surface area contributed by atoms with Crippen LogP contribution in [0.15, 0.2) is 21.7 Å². The third-order valence-corrected chi connectivity index (χ3v) is 5.09. The number of rotatable bonds is 8. The minimum absolute atomic E-state index is 0.0809. The number of hydrogen-bond acceptors (Lipinski definition) is 6. The molecular formula is C11H13F3N2O5S2. The molecule has 130 valence electrons. The third-order valence-electron chi connectivity index (χ3n) is 2.23. The van der Waals surface area contributed by atoms with Gasteiger partial charge in [-0.25, -0.2) is 13.1 Å². The lowest BCUT2D eigenvalue weighted by Crippen LogP contribution is -2.36. The lowest BCUT2D eigenvalue weighted by Gasteiger charge is -2.09. The van der Waals surface area contributed by atoms with Gasteiger partial charge in [0.15, 0.2) is 6.61 Å². The van der Waals surface area contributed by atoms with Crippen molar-refractivity contribution in [2.75, 3.05) is 19.7 Å². The standard InChI is InChI=1S/C11H13F3N2O5S2/c12-11(13,14)7-15-8(17)6-21-9(18)3-4-16-23(19,20)10-2-1-5-22-10/h1-2,5,16H,3-4,6-7H2,(H,15,17). The van der Waals surface area contributed by atoms with Crippen LogP contribution in [0.2, 0.25) is 0 Å². The lowest BCUT2D eigenvalue weighted by atomic mass is 10.4.